The highest BCUT2D eigenvalue weighted by molar-refractivity contribution is 5.88. The first-order chi connectivity index (χ1) is 26.7. The number of likely N-dealkylation sites (tertiary alicyclic amines) is 2. The predicted molar refractivity (Wildman–Crippen MR) is 202 cm³/mol. The number of rotatable bonds is 10. The Morgan fingerprint density at radius 3 is 1.74 bits per heavy atom. The van der Waals surface area contributed by atoms with E-state index in [0.717, 1.165) is 59.3 Å². The van der Waals surface area contributed by atoms with Gasteiger partial charge in [0, 0.05) is 21.4 Å². The van der Waals surface area contributed by atoms with Crippen molar-refractivity contribution >= 4 is 23.8 Å². The Kier molecular flexibility index (Phi) is 10.2. The highest BCUT2D eigenvalue weighted by atomic mass is 16.5. The fourth-order valence-electron chi connectivity index (χ4n) is 7.45. The molecule has 4 atom stereocenters. The molecule has 3 aromatic carbocycles. The van der Waals surface area contributed by atoms with Crippen molar-refractivity contribution in [3.05, 3.63) is 108 Å². The van der Waals surface area contributed by atoms with Gasteiger partial charge in [0.25, 0.3) is 5.91 Å². The lowest BCUT2D eigenvalue weighted by atomic mass is 10.0. The van der Waals surface area contributed by atoms with Gasteiger partial charge in [0.1, 0.15) is 23.7 Å². The van der Waals surface area contributed by atoms with E-state index < -0.39 is 31.0 Å². The number of carbonyl (C=O) groups excluding carboxylic acids is 4. The van der Waals surface area contributed by atoms with E-state index in [2.05, 4.69) is 54.8 Å². The first-order valence-electron chi connectivity index (χ1n) is 18.8. The summed E-state index contributed by atoms with van der Waals surface area (Å²) in [7, 11) is 1.28. The number of aromatic nitrogens is 4. The number of benzene rings is 3. The van der Waals surface area contributed by atoms with E-state index in [0.29, 0.717) is 30.3 Å². The zero-order valence-corrected chi connectivity index (χ0v) is 30.2. The minimum atomic E-state index is -0.881. The van der Waals surface area contributed by atoms with Crippen LogP contribution in [0, 0.1) is 0 Å². The summed E-state index contributed by atoms with van der Waals surface area (Å²) in [6.07, 6.45) is 6.08. The van der Waals surface area contributed by atoms with Gasteiger partial charge in [-0.25, -0.2) is 14.8 Å². The van der Waals surface area contributed by atoms with Crippen LogP contribution in [0.4, 0.5) is 4.79 Å². The second kappa shape index (κ2) is 15.8. The third-order valence-corrected chi connectivity index (χ3v) is 10.2. The van der Waals surface area contributed by atoms with E-state index >= 15 is 0 Å². The smallest absolute Gasteiger partial charge is 0.407 e. The van der Waals surface area contributed by atoms with Gasteiger partial charge in [0.2, 0.25) is 11.8 Å². The number of H-pyrrole nitrogens is 2. The molecule has 2 aliphatic heterocycles. The second-order valence-corrected chi connectivity index (χ2v) is 13.7. The van der Waals surface area contributed by atoms with Gasteiger partial charge >= 0.3 is 6.09 Å². The van der Waals surface area contributed by atoms with Gasteiger partial charge in [-0.1, -0.05) is 78.9 Å². The molecule has 2 aliphatic rings. The van der Waals surface area contributed by atoms with Crippen LogP contribution >= 0.6 is 0 Å². The SMILES string of the molecule is [2H]CC(=O)N[C@@H](C)C(=O)N1CCC[C@H]1c1ncc(-c2ccc(-c3ccc(-c4cnc([C@@H]5CCCN5C(=O)[C@H](NC(=O)OC)c5ccccc5)[nH]4)cc3)cc2)[nH]1. The van der Waals surface area contributed by atoms with Crippen LogP contribution in [-0.4, -0.2) is 79.8 Å². The van der Waals surface area contributed by atoms with Gasteiger partial charge in [-0.15, -0.1) is 0 Å². The van der Waals surface area contributed by atoms with Crippen molar-refractivity contribution in [2.24, 2.45) is 0 Å². The highest BCUT2D eigenvalue weighted by Crippen LogP contribution is 2.35. The van der Waals surface area contributed by atoms with Gasteiger partial charge < -0.3 is 35.1 Å². The number of hydrogen-bond acceptors (Lipinski definition) is 7. The molecule has 2 aromatic heterocycles. The summed E-state index contributed by atoms with van der Waals surface area (Å²) < 4.78 is 12.0. The largest absolute Gasteiger partial charge is 0.453 e. The molecule has 0 bridgehead atoms. The molecule has 0 saturated carbocycles. The average Bonchev–Trinajstić information content (AvgIpc) is 4.07. The number of imidazole rings is 2. The second-order valence-electron chi connectivity index (χ2n) is 13.7. The number of methoxy groups -OCH3 is 1. The van der Waals surface area contributed by atoms with Gasteiger partial charge in [-0.3, -0.25) is 14.4 Å². The van der Waals surface area contributed by atoms with Crippen LogP contribution in [0.15, 0.2) is 91.3 Å². The Bertz CT molecular complexity index is 2140. The third kappa shape index (κ3) is 7.61. The Morgan fingerprint density at radius 2 is 1.24 bits per heavy atom. The number of nitrogens with one attached hydrogen (secondary N) is 4. The number of ether oxygens (including phenoxy) is 1. The maximum Gasteiger partial charge on any atom is 0.407 e. The Labute approximate surface area is 314 Å². The molecule has 2 saturated heterocycles. The average molecular weight is 730 g/mol. The molecule has 0 spiro atoms. The normalized spacial score (nSPS) is 18.1. The fraction of sp³-hybridized carbons (Fsp3) is 0.317. The molecule has 7 rings (SSSR count). The van der Waals surface area contributed by atoms with E-state index in [1.807, 2.05) is 54.6 Å². The number of amides is 4. The van der Waals surface area contributed by atoms with E-state index in [1.54, 1.807) is 29.1 Å². The molecule has 0 radical (unpaired) electrons. The first kappa shape index (κ1) is 34.8. The van der Waals surface area contributed by atoms with Crippen LogP contribution in [0.1, 0.15) is 76.2 Å². The minimum absolute atomic E-state index is 0.179. The molecule has 2 fully saturated rings. The molecular formula is C41H44N8O5. The van der Waals surface area contributed by atoms with Crippen molar-refractivity contribution in [1.29, 1.82) is 0 Å². The van der Waals surface area contributed by atoms with Crippen molar-refractivity contribution in [2.75, 3.05) is 20.2 Å². The van der Waals surface area contributed by atoms with Crippen LogP contribution < -0.4 is 10.6 Å². The number of aromatic amines is 2. The van der Waals surface area contributed by atoms with Crippen molar-refractivity contribution in [2.45, 2.75) is 63.7 Å². The molecular weight excluding hydrogens is 685 g/mol. The zero-order chi connectivity index (χ0) is 38.5. The van der Waals surface area contributed by atoms with Crippen molar-refractivity contribution in [3.63, 3.8) is 0 Å². The molecule has 5 aromatic rings. The predicted octanol–water partition coefficient (Wildman–Crippen LogP) is 6.08. The zero-order valence-electron chi connectivity index (χ0n) is 31.2. The Hall–Kier alpha value is -6.24. The number of carbonyl (C=O) groups is 4. The number of nitrogens with zero attached hydrogens (tertiary/aromatic N) is 4. The summed E-state index contributed by atoms with van der Waals surface area (Å²) in [6.45, 7) is 2.37. The summed E-state index contributed by atoms with van der Waals surface area (Å²) in [5.74, 6) is 0.536. The Morgan fingerprint density at radius 1 is 0.741 bits per heavy atom. The van der Waals surface area contributed by atoms with Crippen LogP contribution in [0.2, 0.25) is 0 Å². The summed E-state index contributed by atoms with van der Waals surface area (Å²) in [5.41, 5.74) is 6.38. The van der Waals surface area contributed by atoms with Crippen molar-refractivity contribution < 1.29 is 25.3 Å². The molecule has 278 valence electrons. The summed E-state index contributed by atoms with van der Waals surface area (Å²) in [6, 6.07) is 23.5. The molecule has 4 N–H and O–H groups in total. The van der Waals surface area contributed by atoms with Crippen LogP contribution in [-0.2, 0) is 19.1 Å². The van der Waals surface area contributed by atoms with Crippen molar-refractivity contribution in [3.8, 4) is 33.6 Å². The highest BCUT2D eigenvalue weighted by Gasteiger charge is 2.37. The fourth-order valence-corrected chi connectivity index (χ4v) is 7.45. The van der Waals surface area contributed by atoms with E-state index in [4.69, 9.17) is 6.11 Å². The van der Waals surface area contributed by atoms with Gasteiger partial charge in [0.15, 0.2) is 0 Å². The topological polar surface area (TPSA) is 165 Å². The third-order valence-electron chi connectivity index (χ3n) is 10.2. The van der Waals surface area contributed by atoms with E-state index in [1.165, 1.54) is 7.11 Å². The lowest BCUT2D eigenvalue weighted by Crippen LogP contribution is -2.46. The van der Waals surface area contributed by atoms with E-state index in [-0.39, 0.29) is 23.9 Å². The molecule has 0 unspecified atom stereocenters. The van der Waals surface area contributed by atoms with Gasteiger partial charge in [-0.2, -0.15) is 0 Å². The quantitative estimate of drug-likeness (QED) is 0.135. The summed E-state index contributed by atoms with van der Waals surface area (Å²) in [4.78, 5) is 70.5. The first-order valence-corrected chi connectivity index (χ1v) is 18.1. The van der Waals surface area contributed by atoms with Gasteiger partial charge in [-0.05, 0) is 60.4 Å². The van der Waals surface area contributed by atoms with Gasteiger partial charge in [0.05, 0.1) is 43.0 Å². The monoisotopic (exact) mass is 729 g/mol. The molecule has 4 heterocycles. The maximum atomic E-state index is 13.9. The maximum absolute atomic E-state index is 13.9. The molecule has 0 aliphatic carbocycles. The number of alkyl carbamates (subject to hydrolysis) is 1. The number of hydrogen-bond donors (Lipinski definition) is 4. The molecule has 13 heteroatoms. The van der Waals surface area contributed by atoms with Crippen LogP contribution in [0.5, 0.6) is 0 Å². The van der Waals surface area contributed by atoms with Crippen LogP contribution in [0.25, 0.3) is 33.6 Å². The minimum Gasteiger partial charge on any atom is -0.453 e. The standard InChI is InChI=1S/C41H44N8O5/c1-25(44-26(2)50)39(51)48-21-7-11-34(48)37-42-23-32(45-37)29-17-13-27(14-18-29)28-15-19-30(20-16-28)33-24-43-38(46-33)35-12-8-22-49(35)40(52)36(47-41(53)54-3)31-9-5-4-6-10-31/h4-6,9-10,13-20,23-25,34-36H,7-8,11-12,21-22H2,1-3H3,(H,42,45)(H,43,46)(H,44,50)(H,47,53)/t25-,34-,35-,36+/m0/s1/i2D. The summed E-state index contributed by atoms with van der Waals surface area (Å²) >= 11 is 0. The Balaban J connectivity index is 1.00. The van der Waals surface area contributed by atoms with Crippen molar-refractivity contribution in [1.82, 2.24) is 40.4 Å². The van der Waals surface area contributed by atoms with E-state index in [9.17, 15) is 19.2 Å². The molecule has 54 heavy (non-hydrogen) atoms. The van der Waals surface area contributed by atoms with Crippen LogP contribution in [0.3, 0.4) is 0 Å². The molecule has 4 amide bonds. The lowest BCUT2D eigenvalue weighted by molar-refractivity contribution is -0.136. The molecule has 13 nitrogen and oxygen atoms in total. The summed E-state index contributed by atoms with van der Waals surface area (Å²) in [5, 5.41) is 5.30. The lowest BCUT2D eigenvalue weighted by Gasteiger charge is -2.28.